The first kappa shape index (κ1) is 20.3. The predicted octanol–water partition coefficient (Wildman–Crippen LogP) is 3.05. The van der Waals surface area contributed by atoms with E-state index in [1.165, 1.54) is 6.92 Å². The summed E-state index contributed by atoms with van der Waals surface area (Å²) in [5.74, 6) is -1.96. The summed E-state index contributed by atoms with van der Waals surface area (Å²) in [4.78, 5) is 21.4. The Morgan fingerprint density at radius 3 is 2.56 bits per heavy atom. The maximum absolute atomic E-state index is 12.9. The molecular weight excluding hydrogens is 397 g/mol. The topological polar surface area (TPSA) is 123 Å². The Balaban J connectivity index is 2.41. The van der Waals surface area contributed by atoms with Crippen LogP contribution in [0.3, 0.4) is 0 Å². The van der Waals surface area contributed by atoms with E-state index in [0.29, 0.717) is 4.68 Å². The number of benzene rings is 1. The second kappa shape index (κ2) is 7.31. The Kier molecular flexibility index (Phi) is 5.49. The number of rotatable bonds is 6. The van der Waals surface area contributed by atoms with Gasteiger partial charge in [-0.1, -0.05) is 11.6 Å². The van der Waals surface area contributed by atoms with Crippen LogP contribution in [-0.2, 0) is 18.0 Å². The van der Waals surface area contributed by atoms with Crippen LogP contribution in [0.4, 0.5) is 18.9 Å². The molecule has 0 saturated carbocycles. The number of carbonyl (C=O) groups is 1. The Labute approximate surface area is 154 Å². The lowest BCUT2D eigenvalue weighted by atomic mass is 10.2. The normalized spacial score (nSPS) is 12.5. The van der Waals surface area contributed by atoms with Crippen LogP contribution in [-0.4, -0.2) is 26.7 Å². The lowest BCUT2D eigenvalue weighted by molar-refractivity contribution is -0.386. The molecule has 0 unspecified atom stereocenters. The largest absolute Gasteiger partial charge is 0.474 e. The zero-order valence-corrected chi connectivity index (χ0v) is 14.5. The molecule has 2 N–H and O–H groups in total. The van der Waals surface area contributed by atoms with E-state index >= 15 is 0 Å². The first-order valence-electron chi connectivity index (χ1n) is 7.13. The minimum absolute atomic E-state index is 0.152. The van der Waals surface area contributed by atoms with E-state index in [1.807, 2.05) is 0 Å². The van der Waals surface area contributed by atoms with Gasteiger partial charge < -0.3 is 15.2 Å². The van der Waals surface area contributed by atoms with E-state index in [4.69, 9.17) is 26.8 Å². The number of primary amides is 1. The van der Waals surface area contributed by atoms with Gasteiger partial charge in [-0.3, -0.25) is 19.6 Å². The number of carbonyl (C=O) groups excluding carboxylic acids is 1. The zero-order valence-electron chi connectivity index (χ0n) is 13.8. The third kappa shape index (κ3) is 4.39. The highest BCUT2D eigenvalue weighted by molar-refractivity contribution is 6.32. The van der Waals surface area contributed by atoms with E-state index in [9.17, 15) is 28.1 Å². The summed E-state index contributed by atoms with van der Waals surface area (Å²) in [7, 11) is 1.03. The number of alkyl halides is 3. The van der Waals surface area contributed by atoms with Crippen molar-refractivity contribution in [3.05, 3.63) is 39.0 Å². The second-order valence-corrected chi connectivity index (χ2v) is 5.62. The standard InChI is InChI=1S/C14H12ClF3N4O5/c1-6(12(19)23)26-9-5-7(3-4-8(9)22(24)25)27-13-10(15)11(14(16,17)18)21(2)20-13/h3-6H,1-2H3,(H2,19,23)/t6-/m0/s1. The van der Waals surface area contributed by atoms with E-state index in [2.05, 4.69) is 5.10 Å². The van der Waals surface area contributed by atoms with Gasteiger partial charge in [-0.25, -0.2) is 0 Å². The molecule has 1 aromatic carbocycles. The third-order valence-corrected chi connectivity index (χ3v) is 3.62. The number of nitrogens with two attached hydrogens (primary N) is 1. The highest BCUT2D eigenvalue weighted by Crippen LogP contribution is 2.41. The van der Waals surface area contributed by atoms with Gasteiger partial charge in [0.05, 0.1) is 4.92 Å². The van der Waals surface area contributed by atoms with Crippen LogP contribution in [0.25, 0.3) is 0 Å². The molecule has 0 aliphatic rings. The summed E-state index contributed by atoms with van der Waals surface area (Å²) < 4.78 is 49.7. The summed E-state index contributed by atoms with van der Waals surface area (Å²) in [6.45, 7) is 1.27. The molecule has 27 heavy (non-hydrogen) atoms. The van der Waals surface area contributed by atoms with E-state index in [-0.39, 0.29) is 11.5 Å². The summed E-state index contributed by atoms with van der Waals surface area (Å²) >= 11 is 5.68. The molecule has 2 aromatic rings. The molecule has 1 amide bonds. The van der Waals surface area contributed by atoms with Gasteiger partial charge in [-0.05, 0) is 13.0 Å². The number of nitro groups is 1. The van der Waals surface area contributed by atoms with Crippen molar-refractivity contribution in [3.63, 3.8) is 0 Å². The minimum atomic E-state index is -4.76. The van der Waals surface area contributed by atoms with Gasteiger partial charge in [0.25, 0.3) is 11.8 Å². The molecule has 0 saturated heterocycles. The second-order valence-electron chi connectivity index (χ2n) is 5.24. The third-order valence-electron chi connectivity index (χ3n) is 3.28. The van der Waals surface area contributed by atoms with Gasteiger partial charge in [0.1, 0.15) is 10.8 Å². The quantitative estimate of drug-likeness (QED) is 0.579. The predicted molar refractivity (Wildman–Crippen MR) is 85.7 cm³/mol. The first-order chi connectivity index (χ1) is 12.4. The van der Waals surface area contributed by atoms with Crippen LogP contribution in [0.1, 0.15) is 12.6 Å². The van der Waals surface area contributed by atoms with E-state index in [0.717, 1.165) is 25.2 Å². The van der Waals surface area contributed by atoms with Gasteiger partial charge >= 0.3 is 11.9 Å². The molecule has 0 aliphatic carbocycles. The molecule has 146 valence electrons. The maximum Gasteiger partial charge on any atom is 0.434 e. The van der Waals surface area contributed by atoms with Crippen molar-refractivity contribution in [1.82, 2.24) is 9.78 Å². The number of ether oxygens (including phenoxy) is 2. The summed E-state index contributed by atoms with van der Waals surface area (Å²) in [6, 6.07) is 3.11. The Morgan fingerprint density at radius 1 is 1.44 bits per heavy atom. The molecule has 0 aliphatic heterocycles. The lowest BCUT2D eigenvalue weighted by Crippen LogP contribution is -2.30. The van der Waals surface area contributed by atoms with Crippen molar-refractivity contribution in [2.45, 2.75) is 19.2 Å². The van der Waals surface area contributed by atoms with Gasteiger partial charge in [-0.2, -0.15) is 13.2 Å². The Bertz CT molecular complexity index is 900. The molecule has 0 fully saturated rings. The lowest BCUT2D eigenvalue weighted by Gasteiger charge is -2.12. The van der Waals surface area contributed by atoms with Crippen molar-refractivity contribution in [1.29, 1.82) is 0 Å². The fourth-order valence-electron chi connectivity index (χ4n) is 2.01. The fraction of sp³-hybridized carbons (Fsp3) is 0.286. The Hall–Kier alpha value is -3.02. The highest BCUT2D eigenvalue weighted by Gasteiger charge is 2.39. The monoisotopic (exact) mass is 408 g/mol. The average molecular weight is 409 g/mol. The smallest absolute Gasteiger partial charge is 0.434 e. The van der Waals surface area contributed by atoms with Gasteiger partial charge in [0.2, 0.25) is 5.75 Å². The average Bonchev–Trinajstić information content (AvgIpc) is 2.80. The van der Waals surface area contributed by atoms with Gasteiger partial charge in [-0.15, -0.1) is 5.10 Å². The van der Waals surface area contributed by atoms with Crippen molar-refractivity contribution < 1.29 is 32.4 Å². The number of aromatic nitrogens is 2. The maximum atomic E-state index is 12.9. The molecule has 13 heteroatoms. The van der Waals surface area contributed by atoms with Crippen molar-refractivity contribution in [2.75, 3.05) is 0 Å². The van der Waals surface area contributed by atoms with Gasteiger partial charge in [0.15, 0.2) is 11.8 Å². The molecule has 1 aromatic heterocycles. The molecule has 1 heterocycles. The van der Waals surface area contributed by atoms with Crippen molar-refractivity contribution >= 4 is 23.2 Å². The zero-order chi connectivity index (χ0) is 20.5. The Morgan fingerprint density at radius 2 is 2.07 bits per heavy atom. The number of aryl methyl sites for hydroxylation is 1. The molecule has 0 bridgehead atoms. The molecular formula is C14H12ClF3N4O5. The van der Waals surface area contributed by atoms with E-state index in [1.54, 1.807) is 0 Å². The molecule has 0 radical (unpaired) electrons. The van der Waals surface area contributed by atoms with Crippen molar-refractivity contribution in [2.24, 2.45) is 12.8 Å². The van der Waals surface area contributed by atoms with Crippen LogP contribution in [0.5, 0.6) is 17.4 Å². The SMILES string of the molecule is C[C@H](Oc1cc(Oc2nn(C)c(C(F)(F)F)c2Cl)ccc1[N+](=O)[O-])C(N)=O. The molecule has 9 nitrogen and oxygen atoms in total. The highest BCUT2D eigenvalue weighted by atomic mass is 35.5. The number of amides is 1. The number of halogens is 4. The van der Waals surface area contributed by atoms with Crippen LogP contribution in [0.15, 0.2) is 18.2 Å². The summed E-state index contributed by atoms with van der Waals surface area (Å²) in [6.07, 6.45) is -5.96. The van der Waals surface area contributed by atoms with E-state index < -0.39 is 45.4 Å². The molecule has 0 spiro atoms. The number of hydrogen-bond donors (Lipinski definition) is 1. The summed E-state index contributed by atoms with van der Waals surface area (Å²) in [5.41, 5.74) is 3.33. The number of nitrogens with zero attached hydrogens (tertiary/aromatic N) is 3. The van der Waals surface area contributed by atoms with Crippen LogP contribution in [0, 0.1) is 10.1 Å². The fourth-order valence-corrected chi connectivity index (χ4v) is 2.32. The van der Waals surface area contributed by atoms with Crippen LogP contribution >= 0.6 is 11.6 Å². The van der Waals surface area contributed by atoms with Crippen LogP contribution < -0.4 is 15.2 Å². The first-order valence-corrected chi connectivity index (χ1v) is 7.51. The molecule has 2 rings (SSSR count). The minimum Gasteiger partial charge on any atom is -0.474 e. The van der Waals surface area contributed by atoms with Crippen molar-refractivity contribution in [3.8, 4) is 17.4 Å². The summed E-state index contributed by atoms with van der Waals surface area (Å²) in [5, 5.41) is 13.8. The van der Waals surface area contributed by atoms with Gasteiger partial charge in [0, 0.05) is 19.2 Å². The van der Waals surface area contributed by atoms with Crippen LogP contribution in [0.2, 0.25) is 5.02 Å². The number of nitro benzene ring substituents is 1. The molecule has 1 atom stereocenters. The number of hydrogen-bond acceptors (Lipinski definition) is 6.